The number of aliphatic hydroxyl groups excluding tert-OH is 1. The molecule has 15 heavy (non-hydrogen) atoms. The van der Waals surface area contributed by atoms with Crippen molar-refractivity contribution in [1.29, 1.82) is 0 Å². The predicted octanol–water partition coefficient (Wildman–Crippen LogP) is 1.75. The molecule has 0 aromatic heterocycles. The molecule has 3 nitrogen and oxygen atoms in total. The molecule has 0 radical (unpaired) electrons. The van der Waals surface area contributed by atoms with E-state index >= 15 is 0 Å². The molecule has 0 aliphatic rings. The Labute approximate surface area is 94.4 Å². The molecule has 0 saturated carbocycles. The average Bonchev–Trinajstić information content (AvgIpc) is 2.16. The van der Waals surface area contributed by atoms with Crippen molar-refractivity contribution in [2.24, 2.45) is 5.41 Å². The second-order valence-corrected chi connectivity index (χ2v) is 5.10. The topological polar surface area (TPSA) is 32.7 Å². The van der Waals surface area contributed by atoms with Gasteiger partial charge in [-0.3, -0.25) is 0 Å². The van der Waals surface area contributed by atoms with E-state index in [9.17, 15) is 5.11 Å². The highest BCUT2D eigenvalue weighted by atomic mass is 16.5. The van der Waals surface area contributed by atoms with Gasteiger partial charge < -0.3 is 14.7 Å². The molecule has 0 rings (SSSR count). The van der Waals surface area contributed by atoms with E-state index in [-0.39, 0.29) is 11.5 Å². The maximum absolute atomic E-state index is 9.90. The fourth-order valence-corrected chi connectivity index (χ4v) is 1.39. The van der Waals surface area contributed by atoms with E-state index < -0.39 is 0 Å². The summed E-state index contributed by atoms with van der Waals surface area (Å²) in [6, 6.07) is 0. The van der Waals surface area contributed by atoms with Gasteiger partial charge in [-0.1, -0.05) is 27.7 Å². The Bertz CT molecular complexity index is 154. The van der Waals surface area contributed by atoms with E-state index in [1.54, 1.807) is 7.11 Å². The summed E-state index contributed by atoms with van der Waals surface area (Å²) in [6.45, 7) is 12.0. The molecule has 0 aromatic carbocycles. The minimum Gasteiger partial charge on any atom is -0.393 e. The molecule has 0 fully saturated rings. The number of likely N-dealkylation sites (N-methyl/N-ethyl adjacent to an activating group) is 1. The number of nitrogens with zero attached hydrogens (tertiary/aromatic N) is 1. The predicted molar refractivity (Wildman–Crippen MR) is 64.1 cm³/mol. The standard InChI is InChI=1S/C12H27NO2/c1-6-13(9-10-15-5)8-7-11(14)12(2,3)4/h11,14H,6-10H2,1-5H3. The SMILES string of the molecule is CCN(CCOC)CCC(O)C(C)(C)C. The first-order chi connectivity index (χ1) is 6.91. The summed E-state index contributed by atoms with van der Waals surface area (Å²) in [5.74, 6) is 0. The van der Waals surface area contributed by atoms with Crippen molar-refractivity contribution in [2.75, 3.05) is 33.4 Å². The van der Waals surface area contributed by atoms with Crippen LogP contribution in [0.5, 0.6) is 0 Å². The van der Waals surface area contributed by atoms with E-state index in [0.29, 0.717) is 0 Å². The van der Waals surface area contributed by atoms with Gasteiger partial charge in [0, 0.05) is 20.2 Å². The van der Waals surface area contributed by atoms with Crippen molar-refractivity contribution in [3.05, 3.63) is 0 Å². The number of rotatable bonds is 7. The molecule has 3 heteroatoms. The number of hydrogen-bond donors (Lipinski definition) is 1. The molecule has 0 aliphatic heterocycles. The van der Waals surface area contributed by atoms with Crippen molar-refractivity contribution >= 4 is 0 Å². The van der Waals surface area contributed by atoms with E-state index in [1.165, 1.54) is 0 Å². The number of hydrogen-bond acceptors (Lipinski definition) is 3. The van der Waals surface area contributed by atoms with Gasteiger partial charge in [0.1, 0.15) is 0 Å². The van der Waals surface area contributed by atoms with Gasteiger partial charge in [0.05, 0.1) is 12.7 Å². The Hall–Kier alpha value is -0.120. The Morgan fingerprint density at radius 3 is 2.27 bits per heavy atom. The van der Waals surface area contributed by atoms with Gasteiger partial charge in [0.15, 0.2) is 0 Å². The molecule has 0 amide bonds. The fourth-order valence-electron chi connectivity index (χ4n) is 1.39. The molecule has 1 atom stereocenters. The number of aliphatic hydroxyl groups is 1. The lowest BCUT2D eigenvalue weighted by Gasteiger charge is -2.28. The largest absolute Gasteiger partial charge is 0.393 e. The minimum atomic E-state index is -0.228. The summed E-state index contributed by atoms with van der Waals surface area (Å²) in [5.41, 5.74) is -0.0132. The Morgan fingerprint density at radius 2 is 1.87 bits per heavy atom. The second kappa shape index (κ2) is 7.20. The first-order valence-electron chi connectivity index (χ1n) is 5.81. The van der Waals surface area contributed by atoms with Crippen molar-refractivity contribution in [1.82, 2.24) is 4.90 Å². The smallest absolute Gasteiger partial charge is 0.0600 e. The Morgan fingerprint density at radius 1 is 1.27 bits per heavy atom. The molecule has 1 N–H and O–H groups in total. The van der Waals surface area contributed by atoms with Crippen LogP contribution in [-0.2, 0) is 4.74 Å². The van der Waals surface area contributed by atoms with Gasteiger partial charge in [-0.25, -0.2) is 0 Å². The normalized spacial score (nSPS) is 14.6. The van der Waals surface area contributed by atoms with Crippen molar-refractivity contribution in [3.8, 4) is 0 Å². The van der Waals surface area contributed by atoms with Crippen LogP contribution in [0.15, 0.2) is 0 Å². The zero-order chi connectivity index (χ0) is 11.9. The van der Waals surface area contributed by atoms with E-state index in [1.807, 2.05) is 0 Å². The molecular formula is C12H27NO2. The van der Waals surface area contributed by atoms with E-state index in [2.05, 4.69) is 32.6 Å². The Balaban J connectivity index is 3.79. The molecule has 0 aliphatic carbocycles. The molecule has 0 spiro atoms. The van der Waals surface area contributed by atoms with Crippen LogP contribution in [0.3, 0.4) is 0 Å². The zero-order valence-corrected chi connectivity index (χ0v) is 10.9. The summed E-state index contributed by atoms with van der Waals surface area (Å²) in [6.07, 6.45) is 0.607. The highest BCUT2D eigenvalue weighted by Gasteiger charge is 2.22. The summed E-state index contributed by atoms with van der Waals surface area (Å²) in [5, 5.41) is 9.90. The van der Waals surface area contributed by atoms with Gasteiger partial charge in [-0.05, 0) is 18.4 Å². The van der Waals surface area contributed by atoms with Gasteiger partial charge in [-0.2, -0.15) is 0 Å². The van der Waals surface area contributed by atoms with E-state index in [4.69, 9.17) is 4.74 Å². The van der Waals surface area contributed by atoms with Gasteiger partial charge in [0.25, 0.3) is 0 Å². The number of methoxy groups -OCH3 is 1. The van der Waals surface area contributed by atoms with Crippen LogP contribution in [0.25, 0.3) is 0 Å². The maximum atomic E-state index is 9.90. The van der Waals surface area contributed by atoms with E-state index in [0.717, 1.165) is 32.7 Å². The van der Waals surface area contributed by atoms with Gasteiger partial charge in [-0.15, -0.1) is 0 Å². The van der Waals surface area contributed by atoms with Crippen LogP contribution in [0, 0.1) is 5.41 Å². The van der Waals surface area contributed by atoms with Crippen LogP contribution in [0.4, 0.5) is 0 Å². The van der Waals surface area contributed by atoms with Crippen molar-refractivity contribution < 1.29 is 9.84 Å². The lowest BCUT2D eigenvalue weighted by atomic mass is 9.87. The highest BCUT2D eigenvalue weighted by Crippen LogP contribution is 2.21. The molecule has 0 aromatic rings. The lowest BCUT2D eigenvalue weighted by molar-refractivity contribution is 0.0432. The summed E-state index contributed by atoms with van der Waals surface area (Å²) in [4.78, 5) is 2.30. The van der Waals surface area contributed by atoms with Gasteiger partial charge in [0.2, 0.25) is 0 Å². The maximum Gasteiger partial charge on any atom is 0.0600 e. The third-order valence-electron chi connectivity index (χ3n) is 2.78. The summed E-state index contributed by atoms with van der Waals surface area (Å²) < 4.78 is 5.04. The minimum absolute atomic E-state index is 0.0132. The molecule has 92 valence electrons. The first-order valence-corrected chi connectivity index (χ1v) is 5.81. The molecule has 0 bridgehead atoms. The molecule has 0 heterocycles. The van der Waals surface area contributed by atoms with Gasteiger partial charge >= 0.3 is 0 Å². The van der Waals surface area contributed by atoms with Crippen molar-refractivity contribution in [2.45, 2.75) is 40.2 Å². The van der Waals surface area contributed by atoms with Crippen LogP contribution in [0.1, 0.15) is 34.1 Å². The zero-order valence-electron chi connectivity index (χ0n) is 10.9. The lowest BCUT2D eigenvalue weighted by Crippen LogP contribution is -2.34. The first kappa shape index (κ1) is 14.9. The monoisotopic (exact) mass is 217 g/mol. The van der Waals surface area contributed by atoms with Crippen LogP contribution < -0.4 is 0 Å². The third-order valence-corrected chi connectivity index (χ3v) is 2.78. The van der Waals surface area contributed by atoms with Crippen molar-refractivity contribution in [3.63, 3.8) is 0 Å². The Kier molecular flexibility index (Phi) is 7.14. The highest BCUT2D eigenvalue weighted by molar-refractivity contribution is 4.73. The molecule has 0 saturated heterocycles. The summed E-state index contributed by atoms with van der Waals surface area (Å²) >= 11 is 0. The fraction of sp³-hybridized carbons (Fsp3) is 1.00. The molecular weight excluding hydrogens is 190 g/mol. The summed E-state index contributed by atoms with van der Waals surface area (Å²) in [7, 11) is 1.72. The third kappa shape index (κ3) is 6.88. The van der Waals surface area contributed by atoms with Crippen LogP contribution in [-0.4, -0.2) is 49.5 Å². The van der Waals surface area contributed by atoms with Crippen LogP contribution in [0.2, 0.25) is 0 Å². The molecule has 1 unspecified atom stereocenters. The second-order valence-electron chi connectivity index (χ2n) is 5.10. The quantitative estimate of drug-likeness (QED) is 0.705. The number of ether oxygens (including phenoxy) is 1. The average molecular weight is 217 g/mol. The van der Waals surface area contributed by atoms with Crippen LogP contribution >= 0.6 is 0 Å².